The Hall–Kier alpha value is -1.77. The van der Waals surface area contributed by atoms with Crippen LogP contribution in [0.3, 0.4) is 0 Å². The second kappa shape index (κ2) is 14.3. The first kappa shape index (κ1) is 25.2. The van der Waals surface area contributed by atoms with E-state index in [0.29, 0.717) is 12.1 Å². The van der Waals surface area contributed by atoms with E-state index < -0.39 is 10.4 Å². The van der Waals surface area contributed by atoms with E-state index in [1.807, 2.05) is 12.1 Å². The van der Waals surface area contributed by atoms with Crippen LogP contribution in [0.5, 0.6) is 0 Å². The third-order valence-corrected chi connectivity index (χ3v) is 3.73. The molecule has 2 atom stereocenters. The van der Waals surface area contributed by atoms with Gasteiger partial charge in [-0.15, -0.1) is 0 Å². The van der Waals surface area contributed by atoms with Crippen molar-refractivity contribution in [2.24, 2.45) is 11.5 Å². The molecule has 0 saturated heterocycles. The molecule has 0 aromatic heterocycles. The fourth-order valence-corrected chi connectivity index (χ4v) is 2.12. The molecular formula is C20H32N2O4S. The van der Waals surface area contributed by atoms with Gasteiger partial charge in [0.15, 0.2) is 0 Å². The molecule has 0 heterocycles. The highest BCUT2D eigenvalue weighted by Crippen LogP contribution is 2.03. The maximum absolute atomic E-state index is 8.74. The van der Waals surface area contributed by atoms with Gasteiger partial charge in [0.25, 0.3) is 0 Å². The lowest BCUT2D eigenvalue weighted by molar-refractivity contribution is 0.381. The van der Waals surface area contributed by atoms with E-state index in [9.17, 15) is 0 Å². The fourth-order valence-electron chi connectivity index (χ4n) is 2.12. The average Bonchev–Trinajstić information content (AvgIpc) is 2.62. The van der Waals surface area contributed by atoms with Crippen LogP contribution >= 0.6 is 0 Å². The van der Waals surface area contributed by atoms with Crippen LogP contribution in [0.2, 0.25) is 0 Å². The van der Waals surface area contributed by atoms with Gasteiger partial charge in [0.1, 0.15) is 0 Å². The average molecular weight is 397 g/mol. The van der Waals surface area contributed by atoms with E-state index in [1.165, 1.54) is 11.1 Å². The Bertz CT molecular complexity index is 639. The highest BCUT2D eigenvalue weighted by molar-refractivity contribution is 7.79. The van der Waals surface area contributed by atoms with Crippen molar-refractivity contribution in [3.63, 3.8) is 0 Å². The summed E-state index contributed by atoms with van der Waals surface area (Å²) in [6, 6.07) is 21.4. The van der Waals surface area contributed by atoms with Crippen molar-refractivity contribution >= 4 is 10.4 Å². The number of rotatable bonds is 6. The first-order valence-electron chi connectivity index (χ1n) is 8.94. The molecule has 0 radical (unpaired) electrons. The fraction of sp³-hybridized carbons (Fsp3) is 0.400. The van der Waals surface area contributed by atoms with E-state index >= 15 is 0 Å². The number of nitrogens with two attached hydrogens (primary N) is 2. The molecular weight excluding hydrogens is 364 g/mol. The molecule has 0 bridgehead atoms. The quantitative estimate of drug-likeness (QED) is 0.555. The summed E-state index contributed by atoms with van der Waals surface area (Å²) in [4.78, 5) is 0. The van der Waals surface area contributed by atoms with Gasteiger partial charge in [0.2, 0.25) is 0 Å². The lowest BCUT2D eigenvalue weighted by atomic mass is 10.1. The summed E-state index contributed by atoms with van der Waals surface area (Å²) < 4.78 is 31.6. The van der Waals surface area contributed by atoms with Crippen LogP contribution in [0.4, 0.5) is 0 Å². The van der Waals surface area contributed by atoms with E-state index in [0.717, 1.165) is 25.7 Å². The normalized spacial score (nSPS) is 12.7. The summed E-state index contributed by atoms with van der Waals surface area (Å²) in [7, 11) is -4.67. The predicted octanol–water partition coefficient (Wildman–Crippen LogP) is 3.28. The van der Waals surface area contributed by atoms with Gasteiger partial charge in [-0.1, -0.05) is 74.5 Å². The second-order valence-electron chi connectivity index (χ2n) is 6.16. The zero-order valence-electron chi connectivity index (χ0n) is 16.0. The van der Waals surface area contributed by atoms with Gasteiger partial charge in [-0.25, -0.2) is 0 Å². The van der Waals surface area contributed by atoms with Gasteiger partial charge in [-0.05, 0) is 36.8 Å². The van der Waals surface area contributed by atoms with Crippen LogP contribution in [-0.4, -0.2) is 29.6 Å². The Morgan fingerprint density at radius 3 is 1.22 bits per heavy atom. The molecule has 0 amide bonds. The smallest absolute Gasteiger partial charge is 0.327 e. The van der Waals surface area contributed by atoms with E-state index in [-0.39, 0.29) is 0 Å². The monoisotopic (exact) mass is 396 g/mol. The zero-order valence-corrected chi connectivity index (χ0v) is 16.8. The van der Waals surface area contributed by atoms with Crippen molar-refractivity contribution in [3.8, 4) is 0 Å². The highest BCUT2D eigenvalue weighted by atomic mass is 32.3. The van der Waals surface area contributed by atoms with E-state index in [4.69, 9.17) is 29.0 Å². The number of hydrogen-bond acceptors (Lipinski definition) is 4. The van der Waals surface area contributed by atoms with Gasteiger partial charge >= 0.3 is 10.4 Å². The van der Waals surface area contributed by atoms with Gasteiger partial charge in [-0.2, -0.15) is 8.42 Å². The van der Waals surface area contributed by atoms with Crippen molar-refractivity contribution in [3.05, 3.63) is 71.8 Å². The summed E-state index contributed by atoms with van der Waals surface area (Å²) in [5, 5.41) is 0. The molecule has 6 N–H and O–H groups in total. The zero-order chi connectivity index (χ0) is 20.7. The van der Waals surface area contributed by atoms with E-state index in [2.05, 4.69) is 62.4 Å². The van der Waals surface area contributed by atoms with E-state index in [1.54, 1.807) is 0 Å². The maximum atomic E-state index is 8.74. The summed E-state index contributed by atoms with van der Waals surface area (Å²) >= 11 is 0. The van der Waals surface area contributed by atoms with Crippen LogP contribution < -0.4 is 11.5 Å². The minimum absolute atomic E-state index is 0.317. The Labute approximate surface area is 163 Å². The summed E-state index contributed by atoms with van der Waals surface area (Å²) in [6.45, 7) is 4.24. The van der Waals surface area contributed by atoms with Crippen LogP contribution in [0.15, 0.2) is 60.7 Å². The van der Waals surface area contributed by atoms with Crippen LogP contribution in [0.1, 0.15) is 37.8 Å². The Morgan fingerprint density at radius 1 is 0.741 bits per heavy atom. The topological polar surface area (TPSA) is 127 Å². The SMILES string of the molecule is CCC(N)Cc1ccccc1.CCC(N)Cc1ccccc1.O=S(=O)(O)O. The molecule has 6 nitrogen and oxygen atoms in total. The molecule has 2 unspecified atom stereocenters. The second-order valence-corrected chi connectivity index (χ2v) is 7.06. The van der Waals surface area contributed by atoms with Gasteiger partial charge < -0.3 is 11.5 Å². The molecule has 0 aliphatic rings. The van der Waals surface area contributed by atoms with Crippen LogP contribution in [0, 0.1) is 0 Å². The van der Waals surface area contributed by atoms with Crippen molar-refractivity contribution in [1.29, 1.82) is 0 Å². The minimum Gasteiger partial charge on any atom is -0.327 e. The first-order chi connectivity index (χ1) is 12.7. The third-order valence-electron chi connectivity index (χ3n) is 3.73. The summed E-state index contributed by atoms with van der Waals surface area (Å²) in [5.41, 5.74) is 14.3. The Balaban J connectivity index is 0.000000405. The molecule has 0 spiro atoms. The van der Waals surface area contributed by atoms with Crippen molar-refractivity contribution in [2.45, 2.75) is 51.6 Å². The molecule has 0 saturated carbocycles. The lowest BCUT2D eigenvalue weighted by Gasteiger charge is -2.07. The maximum Gasteiger partial charge on any atom is 0.394 e. The van der Waals surface area contributed by atoms with Crippen LogP contribution in [0.25, 0.3) is 0 Å². The van der Waals surface area contributed by atoms with Crippen molar-refractivity contribution in [2.75, 3.05) is 0 Å². The van der Waals surface area contributed by atoms with Crippen LogP contribution in [-0.2, 0) is 23.2 Å². The lowest BCUT2D eigenvalue weighted by Crippen LogP contribution is -2.21. The minimum atomic E-state index is -4.67. The standard InChI is InChI=1S/2C10H15N.H2O4S/c2*1-2-10(11)8-9-6-4-3-5-7-9;1-5(2,3)4/h2*3-7,10H,2,8,11H2,1H3;(H2,1,2,3,4). The summed E-state index contributed by atoms with van der Waals surface area (Å²) in [5.74, 6) is 0. The third kappa shape index (κ3) is 17.4. The van der Waals surface area contributed by atoms with Gasteiger partial charge in [0.05, 0.1) is 0 Å². The Morgan fingerprint density at radius 2 is 1.00 bits per heavy atom. The van der Waals surface area contributed by atoms with Crippen molar-refractivity contribution in [1.82, 2.24) is 0 Å². The molecule has 0 aliphatic carbocycles. The molecule has 0 fully saturated rings. The molecule has 27 heavy (non-hydrogen) atoms. The first-order valence-corrected chi connectivity index (χ1v) is 10.3. The molecule has 2 rings (SSSR count). The molecule has 2 aromatic rings. The molecule has 0 aliphatic heterocycles. The van der Waals surface area contributed by atoms with Gasteiger partial charge in [0, 0.05) is 12.1 Å². The molecule has 152 valence electrons. The predicted molar refractivity (Wildman–Crippen MR) is 111 cm³/mol. The molecule has 7 heteroatoms. The summed E-state index contributed by atoms with van der Waals surface area (Å²) in [6.07, 6.45) is 4.10. The number of benzene rings is 2. The molecule has 2 aromatic carbocycles. The largest absolute Gasteiger partial charge is 0.394 e. The van der Waals surface area contributed by atoms with Gasteiger partial charge in [-0.3, -0.25) is 9.11 Å². The van der Waals surface area contributed by atoms with Crippen molar-refractivity contribution < 1.29 is 17.5 Å². The number of hydrogen-bond donors (Lipinski definition) is 4. The Kier molecular flexibility index (Phi) is 13.4. The highest BCUT2D eigenvalue weighted by Gasteiger charge is 1.99.